The van der Waals surface area contributed by atoms with Gasteiger partial charge < -0.3 is 0 Å². The maximum atomic E-state index is 11.7. The van der Waals surface area contributed by atoms with E-state index in [0.29, 0.717) is 11.2 Å². The summed E-state index contributed by atoms with van der Waals surface area (Å²) in [7, 11) is 0. The first-order valence-electron chi connectivity index (χ1n) is 6.26. The van der Waals surface area contributed by atoms with Crippen molar-refractivity contribution in [1.82, 2.24) is 0 Å². The van der Waals surface area contributed by atoms with Crippen molar-refractivity contribution in [3.05, 3.63) is 11.1 Å². The van der Waals surface area contributed by atoms with Gasteiger partial charge in [-0.3, -0.25) is 4.79 Å². The monoisotopic (exact) mass is 284 g/mol. The summed E-state index contributed by atoms with van der Waals surface area (Å²) >= 11 is 3.69. The van der Waals surface area contributed by atoms with Gasteiger partial charge in [-0.2, -0.15) is 0 Å². The molecule has 0 N–H and O–H groups in total. The van der Waals surface area contributed by atoms with Gasteiger partial charge in [0.2, 0.25) is 0 Å². The van der Waals surface area contributed by atoms with Crippen molar-refractivity contribution in [3.63, 3.8) is 0 Å². The van der Waals surface area contributed by atoms with E-state index < -0.39 is 0 Å². The molecule has 0 bridgehead atoms. The van der Waals surface area contributed by atoms with E-state index in [-0.39, 0.29) is 4.32 Å². The van der Waals surface area contributed by atoms with Crippen LogP contribution in [0.1, 0.15) is 59.3 Å². The van der Waals surface area contributed by atoms with Crippen molar-refractivity contribution >= 4 is 21.7 Å². The van der Waals surface area contributed by atoms with Crippen LogP contribution in [-0.4, -0.2) is 10.1 Å². The van der Waals surface area contributed by atoms with Crippen LogP contribution in [0.5, 0.6) is 0 Å². The van der Waals surface area contributed by atoms with Crippen molar-refractivity contribution < 1.29 is 4.79 Å². The summed E-state index contributed by atoms with van der Waals surface area (Å²) in [4.78, 5) is 11.7. The normalized spacial score (nSPS) is 33.5. The fourth-order valence-electron chi connectivity index (χ4n) is 3.18. The molecule has 16 heavy (non-hydrogen) atoms. The highest BCUT2D eigenvalue weighted by Gasteiger charge is 2.42. The van der Waals surface area contributed by atoms with E-state index in [1.54, 1.807) is 18.1 Å². The molecule has 0 spiro atoms. The molecule has 1 atom stereocenters. The lowest BCUT2D eigenvalue weighted by Gasteiger charge is -2.43. The topological polar surface area (TPSA) is 17.1 Å². The molecule has 2 rings (SSSR count). The zero-order chi connectivity index (χ0) is 12.0. The molecule has 0 radical (unpaired) electrons. The smallest absolute Gasteiger partial charge is 0.146 e. The Labute approximate surface area is 107 Å². The second kappa shape index (κ2) is 3.97. The number of carbonyl (C=O) groups is 1. The largest absolute Gasteiger partial charge is 0.298 e. The SMILES string of the molecule is CC(=O)C1(Br)CCC2=C(C1)C(C)(C)CCC2. The van der Waals surface area contributed by atoms with E-state index >= 15 is 0 Å². The van der Waals surface area contributed by atoms with Gasteiger partial charge in [0.1, 0.15) is 5.78 Å². The quantitative estimate of drug-likeness (QED) is 0.515. The number of hydrogen-bond acceptors (Lipinski definition) is 1. The molecule has 0 aromatic carbocycles. The van der Waals surface area contributed by atoms with Gasteiger partial charge >= 0.3 is 0 Å². The fraction of sp³-hybridized carbons (Fsp3) is 0.786. The second-order valence-electron chi connectivity index (χ2n) is 6.02. The third-order valence-electron chi connectivity index (χ3n) is 4.44. The van der Waals surface area contributed by atoms with Gasteiger partial charge in [-0.1, -0.05) is 40.9 Å². The third kappa shape index (κ3) is 2.01. The van der Waals surface area contributed by atoms with Gasteiger partial charge in [-0.15, -0.1) is 0 Å². The van der Waals surface area contributed by atoms with Crippen LogP contribution in [0.3, 0.4) is 0 Å². The first kappa shape index (κ1) is 12.3. The molecule has 0 aliphatic heterocycles. The van der Waals surface area contributed by atoms with E-state index in [1.807, 2.05) is 0 Å². The van der Waals surface area contributed by atoms with Crippen LogP contribution in [0, 0.1) is 5.41 Å². The predicted molar refractivity (Wildman–Crippen MR) is 70.8 cm³/mol. The molecule has 1 nitrogen and oxygen atoms in total. The Morgan fingerprint density at radius 1 is 1.25 bits per heavy atom. The Hall–Kier alpha value is -0.110. The van der Waals surface area contributed by atoms with Gasteiger partial charge in [0.05, 0.1) is 4.32 Å². The first-order valence-corrected chi connectivity index (χ1v) is 7.06. The summed E-state index contributed by atoms with van der Waals surface area (Å²) in [5, 5.41) is 0. The molecule has 0 saturated carbocycles. The first-order chi connectivity index (χ1) is 7.35. The standard InChI is InChI=1S/C14H21BrO/c1-10(16)14(15)8-6-11-5-4-7-13(2,3)12(11)9-14/h4-9H2,1-3H3. The maximum Gasteiger partial charge on any atom is 0.146 e. The van der Waals surface area contributed by atoms with Gasteiger partial charge in [0.15, 0.2) is 0 Å². The Bertz CT molecular complexity index is 354. The van der Waals surface area contributed by atoms with Gasteiger partial charge in [-0.25, -0.2) is 0 Å². The van der Waals surface area contributed by atoms with Crippen molar-refractivity contribution in [2.24, 2.45) is 5.41 Å². The van der Waals surface area contributed by atoms with Gasteiger partial charge in [0, 0.05) is 0 Å². The lowest BCUT2D eigenvalue weighted by molar-refractivity contribution is -0.119. The van der Waals surface area contributed by atoms with Crippen molar-refractivity contribution in [1.29, 1.82) is 0 Å². The zero-order valence-electron chi connectivity index (χ0n) is 10.5. The number of hydrogen-bond donors (Lipinski definition) is 0. The minimum absolute atomic E-state index is 0.263. The molecule has 0 aromatic heterocycles. The predicted octanol–water partition coefficient (Wildman–Crippen LogP) is 4.40. The summed E-state index contributed by atoms with van der Waals surface area (Å²) in [6, 6.07) is 0. The minimum atomic E-state index is -0.263. The summed E-state index contributed by atoms with van der Waals surface area (Å²) in [6.45, 7) is 6.39. The maximum absolute atomic E-state index is 11.7. The molecular weight excluding hydrogens is 264 g/mol. The number of Topliss-reactive ketones (excluding diaryl/α,β-unsaturated/α-hetero) is 1. The molecule has 90 valence electrons. The van der Waals surface area contributed by atoms with Crippen LogP contribution in [-0.2, 0) is 4.79 Å². The molecule has 2 heteroatoms. The molecule has 0 fully saturated rings. The Morgan fingerprint density at radius 3 is 2.56 bits per heavy atom. The molecule has 0 heterocycles. The van der Waals surface area contributed by atoms with Crippen LogP contribution in [0.15, 0.2) is 11.1 Å². The number of rotatable bonds is 1. The number of alkyl halides is 1. The Kier molecular flexibility index (Phi) is 3.07. The van der Waals surface area contributed by atoms with Crippen LogP contribution in [0.4, 0.5) is 0 Å². The highest BCUT2D eigenvalue weighted by molar-refractivity contribution is 9.10. The van der Waals surface area contributed by atoms with E-state index in [0.717, 1.165) is 19.3 Å². The van der Waals surface area contributed by atoms with Crippen molar-refractivity contribution in [2.45, 2.75) is 63.6 Å². The summed E-state index contributed by atoms with van der Waals surface area (Å²) in [5.41, 5.74) is 3.52. The highest BCUT2D eigenvalue weighted by Crippen LogP contribution is 2.51. The van der Waals surface area contributed by atoms with Crippen LogP contribution in [0.2, 0.25) is 0 Å². The molecule has 2 aliphatic rings. The lowest BCUT2D eigenvalue weighted by Crippen LogP contribution is -2.37. The number of allylic oxidation sites excluding steroid dienone is 2. The molecule has 0 amide bonds. The second-order valence-corrected chi connectivity index (χ2v) is 7.54. The van der Waals surface area contributed by atoms with Crippen LogP contribution < -0.4 is 0 Å². The average molecular weight is 285 g/mol. The highest BCUT2D eigenvalue weighted by atomic mass is 79.9. The average Bonchev–Trinajstić information content (AvgIpc) is 2.19. The van der Waals surface area contributed by atoms with Crippen molar-refractivity contribution in [2.75, 3.05) is 0 Å². The molecular formula is C14H21BrO. The lowest BCUT2D eigenvalue weighted by atomic mass is 9.65. The number of carbonyl (C=O) groups excluding carboxylic acids is 1. The molecule has 0 saturated heterocycles. The summed E-state index contributed by atoms with van der Waals surface area (Å²) in [5.74, 6) is 0.292. The van der Waals surface area contributed by atoms with E-state index in [4.69, 9.17) is 0 Å². The fourth-order valence-corrected chi connectivity index (χ4v) is 3.66. The minimum Gasteiger partial charge on any atom is -0.298 e. The molecule has 0 aromatic rings. The van der Waals surface area contributed by atoms with E-state index in [2.05, 4.69) is 29.8 Å². The number of ketones is 1. The zero-order valence-corrected chi connectivity index (χ0v) is 12.1. The van der Waals surface area contributed by atoms with Crippen LogP contribution in [0.25, 0.3) is 0 Å². The number of halogens is 1. The third-order valence-corrected chi connectivity index (χ3v) is 5.67. The van der Waals surface area contributed by atoms with Gasteiger partial charge in [-0.05, 0) is 50.9 Å². The molecule has 2 aliphatic carbocycles. The summed E-state index contributed by atoms with van der Waals surface area (Å²) in [6.07, 6.45) is 6.89. The molecule has 1 unspecified atom stereocenters. The van der Waals surface area contributed by atoms with Gasteiger partial charge in [0.25, 0.3) is 0 Å². The van der Waals surface area contributed by atoms with Crippen molar-refractivity contribution in [3.8, 4) is 0 Å². The Balaban J connectivity index is 2.33. The van der Waals surface area contributed by atoms with E-state index in [1.165, 1.54) is 19.3 Å². The Morgan fingerprint density at radius 2 is 1.94 bits per heavy atom. The van der Waals surface area contributed by atoms with Crippen LogP contribution >= 0.6 is 15.9 Å². The van der Waals surface area contributed by atoms with E-state index in [9.17, 15) is 4.79 Å². The summed E-state index contributed by atoms with van der Waals surface area (Å²) < 4.78 is -0.263.